The van der Waals surface area contributed by atoms with Crippen molar-refractivity contribution in [2.75, 3.05) is 46.3 Å². The van der Waals surface area contributed by atoms with Gasteiger partial charge in [0.1, 0.15) is 0 Å². The van der Waals surface area contributed by atoms with Crippen molar-refractivity contribution in [3.05, 3.63) is 32.7 Å². The Labute approximate surface area is 136 Å². The van der Waals surface area contributed by atoms with Gasteiger partial charge >= 0.3 is 0 Å². The van der Waals surface area contributed by atoms with Crippen molar-refractivity contribution in [2.24, 2.45) is 0 Å². The summed E-state index contributed by atoms with van der Waals surface area (Å²) in [4.78, 5) is 16.6. The second-order valence-electron chi connectivity index (χ2n) is 4.94. The number of benzene rings is 1. The van der Waals surface area contributed by atoms with Gasteiger partial charge in [0.25, 0.3) is 5.91 Å². The smallest absolute Gasteiger partial charge is 0.254 e. The van der Waals surface area contributed by atoms with Crippen LogP contribution in [-0.4, -0.2) is 62.0 Å². The number of nitrogens with one attached hydrogen (secondary N) is 1. The van der Waals surface area contributed by atoms with Crippen LogP contribution in [0.1, 0.15) is 10.4 Å². The third-order valence-corrected chi connectivity index (χ3v) is 4.62. The van der Waals surface area contributed by atoms with E-state index in [4.69, 9.17) is 0 Å². The number of rotatable bonds is 4. The molecule has 0 saturated carbocycles. The maximum Gasteiger partial charge on any atom is 0.254 e. The van der Waals surface area contributed by atoms with Gasteiger partial charge in [-0.15, -0.1) is 0 Å². The van der Waals surface area contributed by atoms with Gasteiger partial charge in [0.2, 0.25) is 0 Å². The molecule has 0 atom stereocenters. The number of carbonyl (C=O) groups is 1. The molecule has 4 nitrogen and oxygen atoms in total. The lowest BCUT2D eigenvalue weighted by Gasteiger charge is -2.29. The number of hydrogen-bond acceptors (Lipinski definition) is 3. The maximum atomic E-state index is 12.4. The fourth-order valence-corrected chi connectivity index (χ4v) is 3.41. The van der Waals surface area contributed by atoms with Crippen LogP contribution >= 0.6 is 31.9 Å². The zero-order valence-electron chi connectivity index (χ0n) is 11.5. The van der Waals surface area contributed by atoms with Crippen LogP contribution in [0.4, 0.5) is 0 Å². The molecule has 0 aliphatic carbocycles. The van der Waals surface area contributed by atoms with Gasteiger partial charge in [0.05, 0.1) is 5.56 Å². The number of amides is 1. The summed E-state index contributed by atoms with van der Waals surface area (Å²) in [5.74, 6) is 0.0551. The van der Waals surface area contributed by atoms with E-state index < -0.39 is 0 Å². The van der Waals surface area contributed by atoms with E-state index in [1.165, 1.54) is 0 Å². The molecule has 1 aliphatic rings. The van der Waals surface area contributed by atoms with Crippen LogP contribution in [0.25, 0.3) is 0 Å². The lowest BCUT2D eigenvalue weighted by molar-refractivity contribution is 0.0774. The summed E-state index contributed by atoms with van der Waals surface area (Å²) in [5, 5.41) is 3.33. The molecule has 0 spiro atoms. The van der Waals surface area contributed by atoms with Gasteiger partial charge in [-0.05, 0) is 34.1 Å². The minimum atomic E-state index is 0.0551. The number of hydrogen-bond donors (Lipinski definition) is 1. The Kier molecular flexibility index (Phi) is 6.01. The van der Waals surface area contributed by atoms with Gasteiger partial charge in [0, 0.05) is 55.3 Å². The van der Waals surface area contributed by atoms with E-state index in [0.717, 1.165) is 48.2 Å². The highest BCUT2D eigenvalue weighted by atomic mass is 79.9. The van der Waals surface area contributed by atoms with Crippen molar-refractivity contribution in [3.8, 4) is 0 Å². The summed E-state index contributed by atoms with van der Waals surface area (Å²) in [6, 6.07) is 5.64. The Balaban J connectivity index is 1.90. The van der Waals surface area contributed by atoms with Crippen molar-refractivity contribution >= 4 is 37.8 Å². The van der Waals surface area contributed by atoms with Crippen LogP contribution in [-0.2, 0) is 0 Å². The third-order valence-electron chi connectivity index (χ3n) is 3.47. The van der Waals surface area contributed by atoms with Crippen LogP contribution in [0.3, 0.4) is 0 Å². The Morgan fingerprint density at radius 2 is 2.05 bits per heavy atom. The SMILES string of the molecule is CN(CCN1CCNCC1)C(=O)c1ccc(Br)cc1Br. The predicted molar refractivity (Wildman–Crippen MR) is 88.1 cm³/mol. The van der Waals surface area contributed by atoms with Crippen molar-refractivity contribution in [3.63, 3.8) is 0 Å². The topological polar surface area (TPSA) is 35.6 Å². The Bertz CT molecular complexity index is 475. The summed E-state index contributed by atoms with van der Waals surface area (Å²) in [6.07, 6.45) is 0. The minimum absolute atomic E-state index is 0.0551. The maximum absolute atomic E-state index is 12.4. The molecule has 2 rings (SSSR count). The lowest BCUT2D eigenvalue weighted by atomic mass is 10.2. The first-order chi connectivity index (χ1) is 9.58. The molecule has 1 aromatic carbocycles. The molecule has 1 N–H and O–H groups in total. The minimum Gasteiger partial charge on any atom is -0.340 e. The highest BCUT2D eigenvalue weighted by Crippen LogP contribution is 2.22. The van der Waals surface area contributed by atoms with Crippen molar-refractivity contribution in [1.82, 2.24) is 15.1 Å². The van der Waals surface area contributed by atoms with E-state index in [1.807, 2.05) is 25.2 Å². The zero-order chi connectivity index (χ0) is 14.5. The molecule has 110 valence electrons. The van der Waals surface area contributed by atoms with E-state index in [0.29, 0.717) is 5.56 Å². The second-order valence-corrected chi connectivity index (χ2v) is 6.71. The largest absolute Gasteiger partial charge is 0.340 e. The molecule has 1 aliphatic heterocycles. The van der Waals surface area contributed by atoms with Gasteiger partial charge in [-0.3, -0.25) is 9.69 Å². The average molecular weight is 405 g/mol. The summed E-state index contributed by atoms with van der Waals surface area (Å²) in [6.45, 7) is 5.87. The normalized spacial score (nSPS) is 16.1. The summed E-state index contributed by atoms with van der Waals surface area (Å²) >= 11 is 6.85. The highest BCUT2D eigenvalue weighted by Gasteiger charge is 2.16. The average Bonchev–Trinajstić information content (AvgIpc) is 2.45. The Morgan fingerprint density at radius 3 is 2.70 bits per heavy atom. The van der Waals surface area contributed by atoms with Crippen LogP contribution in [0, 0.1) is 0 Å². The molecule has 1 fully saturated rings. The van der Waals surface area contributed by atoms with E-state index in [1.54, 1.807) is 4.90 Å². The first-order valence-electron chi connectivity index (χ1n) is 6.71. The van der Waals surface area contributed by atoms with E-state index in [2.05, 4.69) is 42.1 Å². The van der Waals surface area contributed by atoms with Crippen LogP contribution < -0.4 is 5.32 Å². The monoisotopic (exact) mass is 403 g/mol. The first kappa shape index (κ1) is 15.9. The second kappa shape index (κ2) is 7.54. The molecule has 1 saturated heterocycles. The molecular weight excluding hydrogens is 386 g/mol. The molecule has 0 unspecified atom stereocenters. The summed E-state index contributed by atoms with van der Waals surface area (Å²) < 4.78 is 1.79. The van der Waals surface area contributed by atoms with Gasteiger partial charge in [-0.2, -0.15) is 0 Å². The molecule has 0 bridgehead atoms. The fourth-order valence-electron chi connectivity index (χ4n) is 2.20. The molecular formula is C14H19Br2N3O. The molecule has 0 radical (unpaired) electrons. The van der Waals surface area contributed by atoms with Crippen molar-refractivity contribution < 1.29 is 4.79 Å². The van der Waals surface area contributed by atoms with Crippen LogP contribution in [0.15, 0.2) is 27.1 Å². The number of carbonyl (C=O) groups excluding carboxylic acids is 1. The molecule has 6 heteroatoms. The molecule has 1 aromatic rings. The number of nitrogens with zero attached hydrogens (tertiary/aromatic N) is 2. The van der Waals surface area contributed by atoms with E-state index >= 15 is 0 Å². The van der Waals surface area contributed by atoms with Gasteiger partial charge in [-0.25, -0.2) is 0 Å². The summed E-state index contributed by atoms with van der Waals surface area (Å²) in [7, 11) is 1.86. The molecule has 20 heavy (non-hydrogen) atoms. The van der Waals surface area contributed by atoms with Crippen molar-refractivity contribution in [2.45, 2.75) is 0 Å². The molecule has 1 amide bonds. The predicted octanol–water partition coefficient (Wildman–Crippen LogP) is 2.19. The quantitative estimate of drug-likeness (QED) is 0.835. The lowest BCUT2D eigenvalue weighted by Crippen LogP contribution is -2.46. The first-order valence-corrected chi connectivity index (χ1v) is 8.30. The van der Waals surface area contributed by atoms with Crippen molar-refractivity contribution in [1.29, 1.82) is 0 Å². The van der Waals surface area contributed by atoms with E-state index in [-0.39, 0.29) is 5.91 Å². The van der Waals surface area contributed by atoms with Gasteiger partial charge < -0.3 is 10.2 Å². The number of likely N-dealkylation sites (N-methyl/N-ethyl adjacent to an activating group) is 1. The Morgan fingerprint density at radius 1 is 1.35 bits per heavy atom. The zero-order valence-corrected chi connectivity index (χ0v) is 14.7. The molecule has 0 aromatic heterocycles. The highest BCUT2D eigenvalue weighted by molar-refractivity contribution is 9.11. The van der Waals surface area contributed by atoms with Crippen LogP contribution in [0.5, 0.6) is 0 Å². The van der Waals surface area contributed by atoms with Crippen LogP contribution in [0.2, 0.25) is 0 Å². The Hall–Kier alpha value is -0.430. The fraction of sp³-hybridized carbons (Fsp3) is 0.500. The van der Waals surface area contributed by atoms with E-state index in [9.17, 15) is 4.79 Å². The molecule has 1 heterocycles. The number of halogens is 2. The van der Waals surface area contributed by atoms with Gasteiger partial charge in [-0.1, -0.05) is 15.9 Å². The number of piperazine rings is 1. The summed E-state index contributed by atoms with van der Waals surface area (Å²) in [5.41, 5.74) is 0.705. The standard InChI is InChI=1S/C14H19Br2N3O/c1-18(8-9-19-6-4-17-5-7-19)14(20)12-3-2-11(15)10-13(12)16/h2-3,10,17H,4-9H2,1H3. The third kappa shape index (κ3) is 4.28. The van der Waals surface area contributed by atoms with Gasteiger partial charge in [0.15, 0.2) is 0 Å².